The summed E-state index contributed by atoms with van der Waals surface area (Å²) in [6.45, 7) is 4.10. The lowest BCUT2D eigenvalue weighted by Gasteiger charge is -2.17. The van der Waals surface area contributed by atoms with E-state index in [0.29, 0.717) is 16.5 Å². The van der Waals surface area contributed by atoms with Crippen LogP contribution < -0.4 is 9.47 Å². The van der Waals surface area contributed by atoms with Crippen LogP contribution in [0, 0.1) is 13.8 Å². The highest BCUT2D eigenvalue weighted by atomic mass is 35.5. The number of aryl methyl sites for hydroxylation is 2. The molecule has 0 radical (unpaired) electrons. The van der Waals surface area contributed by atoms with Crippen LogP contribution in [0.2, 0.25) is 5.02 Å². The van der Waals surface area contributed by atoms with E-state index in [1.54, 1.807) is 20.3 Å². The third-order valence-electron chi connectivity index (χ3n) is 3.31. The van der Waals surface area contributed by atoms with Crippen LogP contribution in [-0.2, 0) is 0 Å². The van der Waals surface area contributed by atoms with Gasteiger partial charge in [-0.3, -0.25) is 0 Å². The van der Waals surface area contributed by atoms with E-state index >= 15 is 0 Å². The van der Waals surface area contributed by atoms with Crippen molar-refractivity contribution < 1.29 is 9.47 Å². The summed E-state index contributed by atoms with van der Waals surface area (Å²) < 4.78 is 10.6. The lowest BCUT2D eigenvalue weighted by molar-refractivity contribution is 0.354. The summed E-state index contributed by atoms with van der Waals surface area (Å²) in [5.41, 5.74) is 4.17. The summed E-state index contributed by atoms with van der Waals surface area (Å²) in [6.07, 6.45) is 0. The van der Waals surface area contributed by atoms with E-state index in [9.17, 15) is 0 Å². The molecule has 2 rings (SSSR count). The van der Waals surface area contributed by atoms with E-state index in [0.717, 1.165) is 11.1 Å². The monoisotopic (exact) mass is 324 g/mol. The molecule has 0 saturated heterocycles. The molecule has 0 saturated carbocycles. The second kappa shape index (κ2) is 6.59. The minimum Gasteiger partial charge on any atom is -0.493 e. The largest absolute Gasteiger partial charge is 0.493 e. The van der Waals surface area contributed by atoms with Gasteiger partial charge in [-0.15, -0.1) is 11.6 Å². The Balaban J connectivity index is 2.49. The minimum absolute atomic E-state index is 0.337. The minimum atomic E-state index is -0.337. The maximum absolute atomic E-state index is 6.62. The predicted octanol–water partition coefficient (Wildman–Crippen LogP) is 5.30. The molecule has 0 N–H and O–H groups in total. The fourth-order valence-corrected chi connectivity index (χ4v) is 3.03. The fraction of sp³-hybridized carbons (Fsp3) is 0.294. The lowest BCUT2D eigenvalue weighted by atomic mass is 10.00. The molecule has 0 spiro atoms. The molecule has 1 unspecified atom stereocenters. The van der Waals surface area contributed by atoms with Gasteiger partial charge in [-0.2, -0.15) is 0 Å². The molecule has 0 heterocycles. The van der Waals surface area contributed by atoms with Gasteiger partial charge in [-0.1, -0.05) is 40.9 Å². The van der Waals surface area contributed by atoms with E-state index in [1.165, 1.54) is 11.1 Å². The average molecular weight is 325 g/mol. The third-order valence-corrected chi connectivity index (χ3v) is 4.13. The van der Waals surface area contributed by atoms with E-state index in [4.69, 9.17) is 32.7 Å². The van der Waals surface area contributed by atoms with Gasteiger partial charge in [0, 0.05) is 11.1 Å². The van der Waals surface area contributed by atoms with Crippen LogP contribution >= 0.6 is 23.2 Å². The van der Waals surface area contributed by atoms with Gasteiger partial charge in [-0.05, 0) is 31.0 Å². The molecule has 1 atom stereocenters. The first-order valence-electron chi connectivity index (χ1n) is 6.60. The molecule has 0 aliphatic heterocycles. The summed E-state index contributed by atoms with van der Waals surface area (Å²) in [6, 6.07) is 9.81. The molecule has 112 valence electrons. The van der Waals surface area contributed by atoms with Crippen LogP contribution in [-0.4, -0.2) is 14.2 Å². The first kappa shape index (κ1) is 16.0. The highest BCUT2D eigenvalue weighted by molar-refractivity contribution is 6.33. The summed E-state index contributed by atoms with van der Waals surface area (Å²) in [5, 5.41) is 0.225. The average Bonchev–Trinajstić information content (AvgIpc) is 2.45. The van der Waals surface area contributed by atoms with Gasteiger partial charge >= 0.3 is 0 Å². The maximum Gasteiger partial charge on any atom is 0.162 e. The number of hydrogen-bond donors (Lipinski definition) is 0. The first-order chi connectivity index (χ1) is 9.96. The van der Waals surface area contributed by atoms with Gasteiger partial charge in [0.1, 0.15) is 0 Å². The van der Waals surface area contributed by atoms with Crippen molar-refractivity contribution in [1.82, 2.24) is 0 Å². The molecule has 0 aliphatic rings. The molecule has 2 aromatic rings. The highest BCUT2D eigenvalue weighted by Crippen LogP contribution is 2.40. The molecule has 0 fully saturated rings. The van der Waals surface area contributed by atoms with E-state index in [1.807, 2.05) is 6.07 Å². The zero-order chi connectivity index (χ0) is 15.6. The number of halogens is 2. The number of methoxy groups -OCH3 is 2. The Kier molecular flexibility index (Phi) is 5.02. The van der Waals surface area contributed by atoms with E-state index in [-0.39, 0.29) is 5.38 Å². The summed E-state index contributed by atoms with van der Waals surface area (Å²) in [4.78, 5) is 0. The molecule has 2 nitrogen and oxygen atoms in total. The molecular weight excluding hydrogens is 307 g/mol. The zero-order valence-corrected chi connectivity index (χ0v) is 14.0. The SMILES string of the molecule is COc1cc(Cl)c(C(Cl)c2cc(C)cc(C)c2)cc1OC. The first-order valence-corrected chi connectivity index (χ1v) is 7.41. The summed E-state index contributed by atoms with van der Waals surface area (Å²) in [5.74, 6) is 1.21. The van der Waals surface area contributed by atoms with Crippen LogP contribution in [0.25, 0.3) is 0 Å². The summed E-state index contributed by atoms with van der Waals surface area (Å²) in [7, 11) is 3.17. The number of benzene rings is 2. The second-order valence-corrected chi connectivity index (χ2v) is 5.86. The fourth-order valence-electron chi connectivity index (χ4n) is 2.40. The van der Waals surface area contributed by atoms with Crippen LogP contribution in [0.5, 0.6) is 11.5 Å². The van der Waals surface area contributed by atoms with Gasteiger partial charge in [0.25, 0.3) is 0 Å². The van der Waals surface area contributed by atoms with Crippen LogP contribution in [0.1, 0.15) is 27.6 Å². The Hall–Kier alpha value is -1.38. The Morgan fingerprint density at radius 2 is 1.38 bits per heavy atom. The quantitative estimate of drug-likeness (QED) is 0.710. The molecule has 2 aromatic carbocycles. The normalized spacial score (nSPS) is 12.1. The van der Waals surface area contributed by atoms with Gasteiger partial charge < -0.3 is 9.47 Å². The number of ether oxygens (including phenoxy) is 2. The van der Waals surface area contributed by atoms with Gasteiger partial charge in [0.15, 0.2) is 11.5 Å². The molecule has 0 amide bonds. The highest BCUT2D eigenvalue weighted by Gasteiger charge is 2.18. The van der Waals surface area contributed by atoms with Crippen LogP contribution in [0.4, 0.5) is 0 Å². The number of hydrogen-bond acceptors (Lipinski definition) is 2. The van der Waals surface area contributed by atoms with Crippen molar-refractivity contribution in [2.75, 3.05) is 14.2 Å². The van der Waals surface area contributed by atoms with Gasteiger partial charge in [-0.25, -0.2) is 0 Å². The van der Waals surface area contributed by atoms with Gasteiger partial charge in [0.05, 0.1) is 19.6 Å². The Bertz CT molecular complexity index is 633. The molecule has 0 aromatic heterocycles. The van der Waals surface area contributed by atoms with Crippen molar-refractivity contribution in [1.29, 1.82) is 0 Å². The molecule has 4 heteroatoms. The van der Waals surface area contributed by atoms with Crippen LogP contribution in [0.15, 0.2) is 30.3 Å². The van der Waals surface area contributed by atoms with Crippen molar-refractivity contribution in [3.8, 4) is 11.5 Å². The van der Waals surface area contributed by atoms with Crippen molar-refractivity contribution in [3.05, 3.63) is 57.6 Å². The smallest absolute Gasteiger partial charge is 0.162 e. The third kappa shape index (κ3) is 3.45. The van der Waals surface area contributed by atoms with Crippen molar-refractivity contribution in [3.63, 3.8) is 0 Å². The van der Waals surface area contributed by atoms with Crippen molar-refractivity contribution >= 4 is 23.2 Å². The lowest BCUT2D eigenvalue weighted by Crippen LogP contribution is -1.99. The number of alkyl halides is 1. The molecular formula is C17H18Cl2O2. The zero-order valence-electron chi connectivity index (χ0n) is 12.5. The van der Waals surface area contributed by atoms with Crippen molar-refractivity contribution in [2.45, 2.75) is 19.2 Å². The van der Waals surface area contributed by atoms with Gasteiger partial charge in [0.2, 0.25) is 0 Å². The Morgan fingerprint density at radius 1 is 0.857 bits per heavy atom. The second-order valence-electron chi connectivity index (χ2n) is 5.01. The molecule has 21 heavy (non-hydrogen) atoms. The Morgan fingerprint density at radius 3 is 1.90 bits per heavy atom. The molecule has 0 aliphatic carbocycles. The van der Waals surface area contributed by atoms with Crippen LogP contribution in [0.3, 0.4) is 0 Å². The number of rotatable bonds is 4. The van der Waals surface area contributed by atoms with Crippen molar-refractivity contribution in [2.24, 2.45) is 0 Å². The Labute approximate surface area is 135 Å². The van der Waals surface area contributed by atoms with E-state index < -0.39 is 0 Å². The molecule has 0 bridgehead atoms. The standard InChI is InChI=1S/C17H18Cl2O2/c1-10-5-11(2)7-12(6-10)17(19)13-8-15(20-3)16(21-4)9-14(13)18/h5-9,17H,1-4H3. The summed E-state index contributed by atoms with van der Waals surface area (Å²) >= 11 is 13.0. The topological polar surface area (TPSA) is 18.5 Å². The maximum atomic E-state index is 6.62. The predicted molar refractivity (Wildman–Crippen MR) is 88.2 cm³/mol. The van der Waals surface area contributed by atoms with E-state index in [2.05, 4.69) is 32.0 Å².